The second-order valence-electron chi connectivity index (χ2n) is 2.61. The molecular formula is C8H7BrMgO2. The van der Waals surface area contributed by atoms with Gasteiger partial charge in [0.2, 0.25) is 0 Å². The van der Waals surface area contributed by atoms with Crippen LogP contribution in [0.25, 0.3) is 0 Å². The molecule has 0 fully saturated rings. The quantitative estimate of drug-likeness (QED) is 0.683. The molecule has 0 unspecified atom stereocenters. The second kappa shape index (κ2) is 3.85. The Balaban J connectivity index is 2.36. The van der Waals surface area contributed by atoms with E-state index < -0.39 is 0 Å². The molecule has 0 radical (unpaired) electrons. The van der Waals surface area contributed by atoms with Crippen molar-refractivity contribution in [2.75, 3.05) is 13.2 Å². The minimum atomic E-state index is -0.262. The Bertz CT molecular complexity index is 290. The molecule has 0 N–H and O–H groups in total. The van der Waals surface area contributed by atoms with Crippen LogP contribution in [0, 0.1) is 0 Å². The summed E-state index contributed by atoms with van der Waals surface area (Å²) in [6.07, 6.45) is 0. The van der Waals surface area contributed by atoms with Crippen molar-refractivity contribution in [3.63, 3.8) is 0 Å². The standard InChI is InChI=1S/C8H7O2.BrH.Mg/c1-2-4-8-7(3-1)9-5-6-10-8;;/h1,3-4H,5-6H2;1H;/q;;+1/p-1. The van der Waals surface area contributed by atoms with Crippen LogP contribution in [-0.2, 0) is 0 Å². The largest absolute Gasteiger partial charge is 0.506 e. The van der Waals surface area contributed by atoms with Gasteiger partial charge in [0.25, 0.3) is 0 Å². The third-order valence-electron chi connectivity index (χ3n) is 1.76. The molecule has 1 aliphatic rings. The van der Waals surface area contributed by atoms with E-state index in [2.05, 4.69) is 25.0 Å². The maximum atomic E-state index is 5.44. The van der Waals surface area contributed by atoms with E-state index in [1.807, 2.05) is 6.07 Å². The molecule has 1 aromatic carbocycles. The monoisotopic (exact) mass is 238 g/mol. The Kier molecular flexibility index (Phi) is 2.78. The second-order valence-corrected chi connectivity index (χ2v) is 5.38. The predicted octanol–water partition coefficient (Wildman–Crippen LogP) is 1.10. The first-order chi connectivity index (χ1) is 5.90. The topological polar surface area (TPSA) is 18.5 Å². The molecule has 1 aromatic rings. The van der Waals surface area contributed by atoms with E-state index >= 15 is 0 Å². The van der Waals surface area contributed by atoms with E-state index in [9.17, 15) is 0 Å². The van der Waals surface area contributed by atoms with Gasteiger partial charge in [-0.15, -0.1) is 3.69 Å². The highest BCUT2D eigenvalue weighted by Crippen LogP contribution is 2.27. The van der Waals surface area contributed by atoms with Crippen molar-refractivity contribution in [1.29, 1.82) is 0 Å². The Morgan fingerprint density at radius 3 is 2.67 bits per heavy atom. The number of halogens is 1. The molecule has 4 heteroatoms. The molecule has 0 atom stereocenters. The van der Waals surface area contributed by atoms with Gasteiger partial charge in [-0.25, -0.2) is 0 Å². The number of ether oxygens (including phenoxy) is 2. The van der Waals surface area contributed by atoms with E-state index in [1.165, 1.54) is 3.69 Å². The fourth-order valence-corrected chi connectivity index (χ4v) is 2.69. The van der Waals surface area contributed by atoms with Gasteiger partial charge in [-0.1, -0.05) is 6.07 Å². The fraction of sp³-hybridized carbons (Fsp3) is 0.250. The van der Waals surface area contributed by atoms with E-state index in [4.69, 9.17) is 9.47 Å². The van der Waals surface area contributed by atoms with Gasteiger partial charge in [-0.2, -0.15) is 0 Å². The van der Waals surface area contributed by atoms with Crippen molar-refractivity contribution >= 4 is 34.8 Å². The van der Waals surface area contributed by atoms with Gasteiger partial charge in [-0.3, -0.25) is 12.9 Å². The average molecular weight is 239 g/mol. The molecule has 0 amide bonds. The highest BCUT2D eigenvalue weighted by atomic mass is 79.9. The van der Waals surface area contributed by atoms with Gasteiger partial charge >= 0.3 is 18.2 Å². The molecule has 0 bridgehead atoms. The lowest BCUT2D eigenvalue weighted by molar-refractivity contribution is 0.172. The maximum absolute atomic E-state index is 5.44. The van der Waals surface area contributed by atoms with Crippen molar-refractivity contribution in [1.82, 2.24) is 0 Å². The number of rotatable bonds is 1. The highest BCUT2D eigenvalue weighted by molar-refractivity contribution is 9.23. The molecule has 1 heterocycles. The number of fused-ring (bicyclic) bond motifs is 1. The first kappa shape index (κ1) is 8.66. The minimum absolute atomic E-state index is 0.262. The summed E-state index contributed by atoms with van der Waals surface area (Å²) in [6.45, 7) is 1.33. The van der Waals surface area contributed by atoms with Gasteiger partial charge < -0.3 is 9.47 Å². The molecule has 0 aliphatic carbocycles. The Morgan fingerprint density at radius 2 is 1.92 bits per heavy atom. The molecule has 1 aliphatic heterocycles. The molecule has 0 aromatic heterocycles. The molecule has 0 spiro atoms. The summed E-state index contributed by atoms with van der Waals surface area (Å²) in [4.78, 5) is 0. The van der Waals surface area contributed by atoms with Crippen LogP contribution in [0.1, 0.15) is 0 Å². The van der Waals surface area contributed by atoms with Crippen molar-refractivity contribution < 1.29 is 9.47 Å². The molecule has 60 valence electrons. The van der Waals surface area contributed by atoms with Crippen molar-refractivity contribution in [3.05, 3.63) is 18.2 Å². The zero-order valence-corrected chi connectivity index (χ0v) is 9.55. The number of benzene rings is 1. The van der Waals surface area contributed by atoms with Crippen LogP contribution in [0.3, 0.4) is 0 Å². The van der Waals surface area contributed by atoms with Crippen molar-refractivity contribution in [2.24, 2.45) is 0 Å². The molecule has 0 saturated carbocycles. The summed E-state index contributed by atoms with van der Waals surface area (Å²) in [5.41, 5.74) is 0. The minimum Gasteiger partial charge on any atom is -0.486 e. The molecule has 2 rings (SSSR count). The lowest BCUT2D eigenvalue weighted by atomic mass is 10.3. The van der Waals surface area contributed by atoms with Crippen LogP contribution in [0.2, 0.25) is 0 Å². The van der Waals surface area contributed by atoms with E-state index in [1.54, 1.807) is 0 Å². The van der Waals surface area contributed by atoms with Crippen LogP contribution in [-0.4, -0.2) is 31.4 Å². The summed E-state index contributed by atoms with van der Waals surface area (Å²) < 4.78 is 12.2. The average Bonchev–Trinajstić information content (AvgIpc) is 2.17. The highest BCUT2D eigenvalue weighted by Gasteiger charge is 2.11. The van der Waals surface area contributed by atoms with Gasteiger partial charge in [0.05, 0.1) is 0 Å². The Morgan fingerprint density at radius 1 is 1.17 bits per heavy atom. The lowest BCUT2D eigenvalue weighted by Gasteiger charge is -2.18. The van der Waals surface area contributed by atoms with Crippen LogP contribution in [0.4, 0.5) is 0 Å². The first-order valence-electron chi connectivity index (χ1n) is 3.84. The van der Waals surface area contributed by atoms with Gasteiger partial charge in [0.1, 0.15) is 13.2 Å². The number of hydrogen-bond acceptors (Lipinski definition) is 2. The summed E-state index contributed by atoms with van der Waals surface area (Å²) in [5, 5.41) is 0. The summed E-state index contributed by atoms with van der Waals surface area (Å²) >= 11 is 3.27. The predicted molar refractivity (Wildman–Crippen MR) is 51.7 cm³/mol. The Hall–Kier alpha value is 0.0662. The maximum Gasteiger partial charge on any atom is 0.506 e. The van der Waals surface area contributed by atoms with Crippen LogP contribution >= 0.6 is 12.9 Å². The molecule has 12 heavy (non-hydrogen) atoms. The first-order valence-corrected chi connectivity index (χ1v) is 8.45. The molecular weight excluding hydrogens is 232 g/mol. The Labute approximate surface area is 86.8 Å². The lowest BCUT2D eigenvalue weighted by Crippen LogP contribution is -2.18. The summed E-state index contributed by atoms with van der Waals surface area (Å²) in [5.74, 6) is 1.77. The normalized spacial score (nSPS) is 13.8. The molecule has 0 saturated heterocycles. The van der Waals surface area contributed by atoms with Crippen molar-refractivity contribution in [3.8, 4) is 11.5 Å². The van der Waals surface area contributed by atoms with Crippen LogP contribution in [0.15, 0.2) is 18.2 Å². The van der Waals surface area contributed by atoms with E-state index in [0.29, 0.717) is 13.2 Å². The SMILES string of the molecule is [Br][Mg][c]1ccc2c(c1)OCCO2. The van der Waals surface area contributed by atoms with Crippen molar-refractivity contribution in [2.45, 2.75) is 0 Å². The van der Waals surface area contributed by atoms with Crippen LogP contribution < -0.4 is 13.2 Å². The van der Waals surface area contributed by atoms with E-state index in [-0.39, 0.29) is 18.2 Å². The zero-order chi connectivity index (χ0) is 8.39. The summed E-state index contributed by atoms with van der Waals surface area (Å²) in [6, 6.07) is 6.14. The van der Waals surface area contributed by atoms with Gasteiger partial charge in [0, 0.05) is 0 Å². The van der Waals surface area contributed by atoms with Gasteiger partial charge in [0.15, 0.2) is 11.5 Å². The zero-order valence-electron chi connectivity index (χ0n) is 6.55. The van der Waals surface area contributed by atoms with Gasteiger partial charge in [-0.05, 0) is 12.1 Å². The smallest absolute Gasteiger partial charge is 0.486 e. The fourth-order valence-electron chi connectivity index (χ4n) is 1.17. The summed E-state index contributed by atoms with van der Waals surface area (Å²) in [7, 11) is 0. The third kappa shape index (κ3) is 1.70. The number of hydrogen-bond donors (Lipinski definition) is 0. The van der Waals surface area contributed by atoms with E-state index in [0.717, 1.165) is 11.5 Å². The third-order valence-corrected chi connectivity index (χ3v) is 4.45. The van der Waals surface area contributed by atoms with Crippen LogP contribution in [0.5, 0.6) is 11.5 Å². The molecule has 2 nitrogen and oxygen atoms in total.